The molecule has 0 fully saturated rings. The van der Waals surface area contributed by atoms with E-state index < -0.39 is 0 Å². The van der Waals surface area contributed by atoms with Gasteiger partial charge in [-0.1, -0.05) is 107 Å². The lowest BCUT2D eigenvalue weighted by Crippen LogP contribution is -2.35. The van der Waals surface area contributed by atoms with Crippen molar-refractivity contribution in [1.29, 1.82) is 5.41 Å². The molecule has 0 bridgehead atoms. The lowest BCUT2D eigenvalue weighted by molar-refractivity contribution is 0.405. The van der Waals surface area contributed by atoms with Gasteiger partial charge in [0.05, 0.1) is 0 Å². The molecule has 0 unspecified atom stereocenters. The molecule has 0 aromatic heterocycles. The third-order valence-corrected chi connectivity index (χ3v) is 8.67. The van der Waals surface area contributed by atoms with Crippen LogP contribution >= 0.6 is 0 Å². The number of fused-ring (bicyclic) bond motifs is 7. The van der Waals surface area contributed by atoms with E-state index in [0.29, 0.717) is 13.1 Å². The molecule has 0 saturated heterocycles. The number of nitrogens with two attached hydrogens (primary N) is 1. The van der Waals surface area contributed by atoms with E-state index in [-0.39, 0.29) is 5.96 Å². The predicted molar refractivity (Wildman–Crippen MR) is 178 cm³/mol. The van der Waals surface area contributed by atoms with Gasteiger partial charge in [0.1, 0.15) is 0 Å². The van der Waals surface area contributed by atoms with Gasteiger partial charge in [-0.05, 0) is 106 Å². The van der Waals surface area contributed by atoms with Gasteiger partial charge in [0.15, 0.2) is 5.96 Å². The Morgan fingerprint density at radius 2 is 0.952 bits per heavy atom. The third-order valence-electron chi connectivity index (χ3n) is 8.67. The van der Waals surface area contributed by atoms with E-state index in [1.165, 1.54) is 88.3 Å². The van der Waals surface area contributed by atoms with Crippen LogP contribution in [0, 0.1) is 33.1 Å². The van der Waals surface area contributed by atoms with Gasteiger partial charge in [0.2, 0.25) is 0 Å². The molecule has 3 N–H and O–H groups in total. The number of hydrogen-bond acceptors (Lipinski definition) is 1. The Balaban J connectivity index is 1.70. The summed E-state index contributed by atoms with van der Waals surface area (Å²) in [5, 5.41) is 13.6. The molecule has 0 saturated carbocycles. The number of aryl methyl sites for hydroxylation is 4. The first-order chi connectivity index (χ1) is 20.3. The van der Waals surface area contributed by atoms with Crippen molar-refractivity contribution >= 4 is 27.5 Å². The van der Waals surface area contributed by atoms with E-state index >= 15 is 0 Å². The van der Waals surface area contributed by atoms with Gasteiger partial charge < -0.3 is 10.6 Å². The van der Waals surface area contributed by atoms with Gasteiger partial charge in [-0.15, -0.1) is 0 Å². The van der Waals surface area contributed by atoms with Crippen molar-refractivity contribution in [2.45, 2.75) is 40.8 Å². The second-order valence-corrected chi connectivity index (χ2v) is 12.0. The minimum absolute atomic E-state index is 0.0906. The summed E-state index contributed by atoms with van der Waals surface area (Å²) >= 11 is 0. The molecule has 0 atom stereocenters. The molecular weight excluding hydrogens is 510 g/mol. The fraction of sp³-hybridized carbons (Fsp3) is 0.154. The van der Waals surface area contributed by atoms with Crippen LogP contribution in [0.2, 0.25) is 0 Å². The molecule has 206 valence electrons. The highest BCUT2D eigenvalue weighted by Gasteiger charge is 2.29. The molecule has 42 heavy (non-hydrogen) atoms. The van der Waals surface area contributed by atoms with E-state index in [0.717, 1.165) is 0 Å². The highest BCUT2D eigenvalue weighted by atomic mass is 15.2. The van der Waals surface area contributed by atoms with Crippen LogP contribution in [-0.2, 0) is 13.1 Å². The first-order valence-corrected chi connectivity index (χ1v) is 14.6. The van der Waals surface area contributed by atoms with Gasteiger partial charge in [-0.25, -0.2) is 0 Å². The summed E-state index contributed by atoms with van der Waals surface area (Å²) in [6.07, 6.45) is 0. The highest BCUT2D eigenvalue weighted by Crippen LogP contribution is 2.48. The normalized spacial score (nSPS) is 12.7. The van der Waals surface area contributed by atoms with Gasteiger partial charge in [-0.3, -0.25) is 5.41 Å². The molecule has 0 spiro atoms. The molecule has 0 radical (unpaired) electrons. The monoisotopic (exact) mass is 545 g/mol. The van der Waals surface area contributed by atoms with Crippen LogP contribution in [0.3, 0.4) is 0 Å². The summed E-state index contributed by atoms with van der Waals surface area (Å²) in [5.74, 6) is 0.0906. The Hall–Kier alpha value is -4.89. The zero-order valence-corrected chi connectivity index (χ0v) is 24.7. The summed E-state index contributed by atoms with van der Waals surface area (Å²) in [5.41, 5.74) is 21.1. The SMILES string of the molecule is Cc1cc(C)cc(-c2cc3ccccc3c3c2CN(C(=N)N)Cc2c(-c4cc(C)cc(C)c4)cc4ccccc4c2-3)c1. The lowest BCUT2D eigenvalue weighted by atomic mass is 9.81. The smallest absolute Gasteiger partial charge is 0.188 e. The maximum Gasteiger partial charge on any atom is 0.188 e. The molecule has 3 heteroatoms. The molecule has 1 aliphatic heterocycles. The average Bonchev–Trinajstić information content (AvgIpc) is 3.14. The van der Waals surface area contributed by atoms with Crippen LogP contribution in [0.25, 0.3) is 54.9 Å². The first kappa shape index (κ1) is 26.0. The predicted octanol–water partition coefficient (Wildman–Crippen LogP) is 9.44. The zero-order chi connectivity index (χ0) is 29.1. The molecule has 6 aromatic rings. The minimum atomic E-state index is 0.0906. The van der Waals surface area contributed by atoms with Crippen molar-refractivity contribution in [3.05, 3.63) is 130 Å². The molecule has 3 nitrogen and oxygen atoms in total. The number of nitrogens with zero attached hydrogens (tertiary/aromatic N) is 1. The quantitative estimate of drug-likeness (QED) is 0.168. The van der Waals surface area contributed by atoms with Crippen molar-refractivity contribution in [2.24, 2.45) is 5.73 Å². The van der Waals surface area contributed by atoms with E-state index in [9.17, 15) is 0 Å². The molecule has 1 heterocycles. The maximum atomic E-state index is 8.69. The molecule has 7 rings (SSSR count). The van der Waals surface area contributed by atoms with Crippen LogP contribution < -0.4 is 5.73 Å². The Kier molecular flexibility index (Phi) is 6.13. The van der Waals surface area contributed by atoms with Crippen molar-refractivity contribution in [1.82, 2.24) is 4.90 Å². The van der Waals surface area contributed by atoms with Crippen molar-refractivity contribution in [2.75, 3.05) is 0 Å². The summed E-state index contributed by atoms with van der Waals surface area (Å²) in [6.45, 7) is 9.78. The van der Waals surface area contributed by atoms with Crippen molar-refractivity contribution in [3.63, 3.8) is 0 Å². The second kappa shape index (κ2) is 9.88. The standard InChI is InChI=1S/C39H35N3/c1-23-13-24(2)16-29(15-23)33-19-27-9-5-7-11-31(27)37-35(33)21-42(39(40)41)22-36-34(30-17-25(3)14-26(4)18-30)20-28-10-6-8-12-32(28)38(36)37/h5-20H,21-22H2,1-4H3,(H3,40,41). The maximum absolute atomic E-state index is 8.69. The van der Waals surface area contributed by atoms with Gasteiger partial charge >= 0.3 is 0 Å². The summed E-state index contributed by atoms with van der Waals surface area (Å²) in [4.78, 5) is 2.03. The molecule has 0 amide bonds. The van der Waals surface area contributed by atoms with Crippen molar-refractivity contribution in [3.8, 4) is 33.4 Å². The fourth-order valence-corrected chi connectivity index (χ4v) is 7.06. The third kappa shape index (κ3) is 4.33. The Morgan fingerprint density at radius 3 is 1.33 bits per heavy atom. The van der Waals surface area contributed by atoms with Gasteiger partial charge in [-0.2, -0.15) is 0 Å². The van der Waals surface area contributed by atoms with Crippen LogP contribution in [0.4, 0.5) is 0 Å². The van der Waals surface area contributed by atoms with E-state index in [4.69, 9.17) is 11.1 Å². The van der Waals surface area contributed by atoms with Crippen LogP contribution in [0.1, 0.15) is 33.4 Å². The zero-order valence-electron chi connectivity index (χ0n) is 24.7. The van der Waals surface area contributed by atoms with Gasteiger partial charge in [0, 0.05) is 13.1 Å². The molecule has 0 aliphatic carbocycles. The Bertz CT molecular complexity index is 1880. The second-order valence-electron chi connectivity index (χ2n) is 12.0. The number of guanidine groups is 1. The molecule has 1 aliphatic rings. The summed E-state index contributed by atoms with van der Waals surface area (Å²) in [7, 11) is 0. The summed E-state index contributed by atoms with van der Waals surface area (Å²) in [6, 6.07) is 35.8. The Morgan fingerprint density at radius 1 is 0.571 bits per heavy atom. The number of hydrogen-bond donors (Lipinski definition) is 2. The van der Waals surface area contributed by atoms with Crippen molar-refractivity contribution < 1.29 is 0 Å². The Labute approximate surface area is 247 Å². The average molecular weight is 546 g/mol. The lowest BCUT2D eigenvalue weighted by Gasteiger charge is -2.24. The van der Waals surface area contributed by atoms with Gasteiger partial charge in [0.25, 0.3) is 0 Å². The minimum Gasteiger partial charge on any atom is -0.370 e. The van der Waals surface area contributed by atoms with Crippen LogP contribution in [-0.4, -0.2) is 10.9 Å². The van der Waals surface area contributed by atoms with E-state index in [1.54, 1.807) is 0 Å². The number of benzene rings is 6. The first-order valence-electron chi connectivity index (χ1n) is 14.6. The highest BCUT2D eigenvalue weighted by molar-refractivity contribution is 6.12. The summed E-state index contributed by atoms with van der Waals surface area (Å²) < 4.78 is 0. The van der Waals surface area contributed by atoms with Crippen LogP contribution in [0.15, 0.2) is 97.1 Å². The molecular formula is C39H35N3. The largest absolute Gasteiger partial charge is 0.370 e. The number of rotatable bonds is 2. The number of nitrogens with one attached hydrogen (secondary N) is 1. The topological polar surface area (TPSA) is 53.1 Å². The van der Waals surface area contributed by atoms with E-state index in [2.05, 4.69) is 125 Å². The molecule has 6 aromatic carbocycles. The van der Waals surface area contributed by atoms with Crippen LogP contribution in [0.5, 0.6) is 0 Å². The fourth-order valence-electron chi connectivity index (χ4n) is 7.06. The van der Waals surface area contributed by atoms with E-state index in [1.807, 2.05) is 4.90 Å².